The van der Waals surface area contributed by atoms with E-state index in [2.05, 4.69) is 20.1 Å². The van der Waals surface area contributed by atoms with Crippen molar-refractivity contribution in [3.05, 3.63) is 35.6 Å². The lowest BCUT2D eigenvalue weighted by atomic mass is 10.2. The highest BCUT2D eigenvalue weighted by Crippen LogP contribution is 2.32. The van der Waals surface area contributed by atoms with E-state index in [4.69, 9.17) is 16.7 Å². The molecule has 174 valence electrons. The minimum absolute atomic E-state index is 0.0934. The van der Waals surface area contributed by atoms with E-state index in [0.717, 1.165) is 26.2 Å². The maximum atomic E-state index is 13.3. The summed E-state index contributed by atoms with van der Waals surface area (Å²) in [6.07, 6.45) is 3.60. The molecule has 1 amide bonds. The molecule has 0 aliphatic carbocycles. The van der Waals surface area contributed by atoms with Gasteiger partial charge in [0.1, 0.15) is 0 Å². The van der Waals surface area contributed by atoms with Gasteiger partial charge in [0.15, 0.2) is 0 Å². The van der Waals surface area contributed by atoms with Crippen molar-refractivity contribution < 1.29 is 18.3 Å². The molecule has 0 radical (unpaired) electrons. The van der Waals surface area contributed by atoms with E-state index < -0.39 is 10.0 Å². The van der Waals surface area contributed by atoms with Crippen molar-refractivity contribution in [3.63, 3.8) is 0 Å². The van der Waals surface area contributed by atoms with Gasteiger partial charge in [0.05, 0.1) is 23.1 Å². The van der Waals surface area contributed by atoms with Gasteiger partial charge in [0.25, 0.3) is 0 Å². The van der Waals surface area contributed by atoms with Crippen LogP contribution in [0.3, 0.4) is 0 Å². The van der Waals surface area contributed by atoms with E-state index in [-0.39, 0.29) is 30.0 Å². The second kappa shape index (κ2) is 9.98. The van der Waals surface area contributed by atoms with Gasteiger partial charge in [0, 0.05) is 75.0 Å². The Kier molecular flexibility index (Phi) is 7.28. The molecule has 2 aromatic rings. The minimum Gasteiger partial charge on any atom is -0.395 e. The Bertz CT molecular complexity index is 1070. The summed E-state index contributed by atoms with van der Waals surface area (Å²) < 4.78 is 28.1. The number of rotatable bonds is 7. The molecule has 1 aromatic heterocycles. The highest BCUT2D eigenvalue weighted by atomic mass is 35.5. The summed E-state index contributed by atoms with van der Waals surface area (Å²) in [5.41, 5.74) is 0. The normalized spacial score (nSPS) is 21.2. The molecule has 1 aromatic carbocycles. The molecule has 32 heavy (non-hydrogen) atoms. The van der Waals surface area contributed by atoms with Gasteiger partial charge in [-0.15, -0.1) is 0 Å². The van der Waals surface area contributed by atoms with E-state index >= 15 is 0 Å². The molecule has 11 heteroatoms. The molecule has 0 unspecified atom stereocenters. The Balaban J connectivity index is 1.36. The number of β-amino-alcohol motifs (C(OH)–C–C–N with tert-alkyl or cyclic N) is 1. The maximum Gasteiger partial charge on any atom is 0.243 e. The smallest absolute Gasteiger partial charge is 0.243 e. The predicted molar refractivity (Wildman–Crippen MR) is 122 cm³/mol. The highest BCUT2D eigenvalue weighted by Gasteiger charge is 2.34. The lowest BCUT2D eigenvalue weighted by Gasteiger charge is -2.34. The standard InChI is InChI=1S/C21H28ClN5O4S/c22-18-13-23-12-16-2-1-3-19(21(16)18)32(30,31)27-5-4-17(14-27)24-20(29)15-26-8-6-25(7-9-26)10-11-28/h1-3,12-13,17,28H,4-11,14-15H2,(H,24,29)/t17-/m0/s1. The Hall–Kier alpha value is -1.82. The zero-order valence-electron chi connectivity index (χ0n) is 17.8. The first-order valence-corrected chi connectivity index (χ1v) is 12.6. The average molecular weight is 482 g/mol. The van der Waals surface area contributed by atoms with Gasteiger partial charge in [0.2, 0.25) is 15.9 Å². The molecular formula is C21H28ClN5O4S. The number of fused-ring (bicyclic) bond motifs is 1. The van der Waals surface area contributed by atoms with Crippen molar-refractivity contribution in [2.24, 2.45) is 0 Å². The number of piperazine rings is 1. The average Bonchev–Trinajstić information content (AvgIpc) is 3.24. The van der Waals surface area contributed by atoms with Gasteiger partial charge in [-0.3, -0.25) is 19.6 Å². The predicted octanol–water partition coefficient (Wildman–Crippen LogP) is 0.377. The van der Waals surface area contributed by atoms with E-state index in [1.165, 1.54) is 10.5 Å². The largest absolute Gasteiger partial charge is 0.395 e. The van der Waals surface area contributed by atoms with Crippen LogP contribution >= 0.6 is 11.6 Å². The fourth-order valence-corrected chi connectivity index (χ4v) is 6.43. The van der Waals surface area contributed by atoms with Crippen molar-refractivity contribution >= 4 is 38.3 Å². The van der Waals surface area contributed by atoms with Crippen LogP contribution < -0.4 is 5.32 Å². The lowest BCUT2D eigenvalue weighted by molar-refractivity contribution is -0.123. The number of amides is 1. The van der Waals surface area contributed by atoms with Gasteiger partial charge >= 0.3 is 0 Å². The van der Waals surface area contributed by atoms with Gasteiger partial charge < -0.3 is 10.4 Å². The fourth-order valence-electron chi connectivity index (χ4n) is 4.37. The monoisotopic (exact) mass is 481 g/mol. The van der Waals surface area contributed by atoms with Crippen LogP contribution in [0.4, 0.5) is 0 Å². The molecule has 0 spiro atoms. The Morgan fingerprint density at radius 3 is 2.66 bits per heavy atom. The zero-order valence-corrected chi connectivity index (χ0v) is 19.4. The molecule has 2 fully saturated rings. The number of aliphatic hydroxyl groups excluding tert-OH is 1. The second-order valence-corrected chi connectivity index (χ2v) is 10.5. The van der Waals surface area contributed by atoms with Crippen molar-refractivity contribution in [1.29, 1.82) is 0 Å². The van der Waals surface area contributed by atoms with E-state index in [1.807, 2.05) is 0 Å². The third-order valence-corrected chi connectivity index (χ3v) is 8.28. The van der Waals surface area contributed by atoms with E-state index in [0.29, 0.717) is 41.9 Å². The van der Waals surface area contributed by atoms with Gasteiger partial charge in [-0.2, -0.15) is 4.31 Å². The highest BCUT2D eigenvalue weighted by molar-refractivity contribution is 7.89. The van der Waals surface area contributed by atoms with Crippen LogP contribution in [-0.4, -0.2) is 104 Å². The topological polar surface area (TPSA) is 106 Å². The van der Waals surface area contributed by atoms with Crippen LogP contribution in [0, 0.1) is 0 Å². The number of benzene rings is 1. The number of halogens is 1. The quantitative estimate of drug-likeness (QED) is 0.588. The number of nitrogens with one attached hydrogen (secondary N) is 1. The number of carbonyl (C=O) groups is 1. The van der Waals surface area contributed by atoms with Crippen LogP contribution in [0.15, 0.2) is 35.5 Å². The number of aromatic nitrogens is 1. The molecule has 2 aliphatic rings. The summed E-state index contributed by atoms with van der Waals surface area (Å²) >= 11 is 6.27. The fraction of sp³-hybridized carbons (Fsp3) is 0.524. The Labute approximate surface area is 193 Å². The van der Waals surface area contributed by atoms with Crippen molar-refractivity contribution in [3.8, 4) is 0 Å². The zero-order chi connectivity index (χ0) is 22.7. The number of aliphatic hydroxyl groups is 1. The SMILES string of the molecule is O=C(CN1CCN(CCO)CC1)N[C@H]1CCN(S(=O)(=O)c2cccc3cncc(Cl)c23)C1. The van der Waals surface area contributed by atoms with Crippen molar-refractivity contribution in [2.75, 3.05) is 59.0 Å². The number of nitrogens with zero attached hydrogens (tertiary/aromatic N) is 4. The summed E-state index contributed by atoms with van der Waals surface area (Å²) in [7, 11) is -3.76. The lowest BCUT2D eigenvalue weighted by Crippen LogP contribution is -2.51. The van der Waals surface area contributed by atoms with E-state index in [1.54, 1.807) is 24.4 Å². The Morgan fingerprint density at radius 1 is 1.16 bits per heavy atom. The molecule has 1 atom stereocenters. The Morgan fingerprint density at radius 2 is 1.91 bits per heavy atom. The third kappa shape index (κ3) is 5.05. The molecule has 2 aliphatic heterocycles. The third-order valence-electron chi connectivity index (χ3n) is 6.08. The van der Waals surface area contributed by atoms with Gasteiger partial charge in [-0.1, -0.05) is 23.7 Å². The van der Waals surface area contributed by atoms with Crippen LogP contribution in [-0.2, 0) is 14.8 Å². The summed E-state index contributed by atoms with van der Waals surface area (Å²) in [4.78, 5) is 21.0. The van der Waals surface area contributed by atoms with Gasteiger partial charge in [-0.05, 0) is 12.5 Å². The molecular weight excluding hydrogens is 454 g/mol. The van der Waals surface area contributed by atoms with Crippen LogP contribution in [0.5, 0.6) is 0 Å². The van der Waals surface area contributed by atoms with Crippen molar-refractivity contribution in [1.82, 2.24) is 24.4 Å². The molecule has 0 saturated carbocycles. The number of pyridine rings is 1. The van der Waals surface area contributed by atoms with E-state index in [9.17, 15) is 13.2 Å². The maximum absolute atomic E-state index is 13.3. The van der Waals surface area contributed by atoms with Crippen molar-refractivity contribution in [2.45, 2.75) is 17.4 Å². The summed E-state index contributed by atoms with van der Waals surface area (Å²) in [5.74, 6) is -0.0934. The first-order valence-electron chi connectivity index (χ1n) is 10.8. The summed E-state index contributed by atoms with van der Waals surface area (Å²) in [6.45, 7) is 4.86. The second-order valence-electron chi connectivity index (χ2n) is 8.23. The first kappa shape index (κ1) is 23.3. The van der Waals surface area contributed by atoms with Crippen LogP contribution in [0.1, 0.15) is 6.42 Å². The number of hydrogen-bond acceptors (Lipinski definition) is 7. The molecule has 3 heterocycles. The van der Waals surface area contributed by atoms with Gasteiger partial charge in [-0.25, -0.2) is 8.42 Å². The molecule has 2 N–H and O–H groups in total. The number of carbonyl (C=O) groups excluding carboxylic acids is 1. The molecule has 9 nitrogen and oxygen atoms in total. The first-order chi connectivity index (χ1) is 15.4. The number of hydrogen-bond donors (Lipinski definition) is 2. The minimum atomic E-state index is -3.76. The summed E-state index contributed by atoms with van der Waals surface area (Å²) in [5, 5.41) is 13.5. The summed E-state index contributed by atoms with van der Waals surface area (Å²) in [6, 6.07) is 4.80. The molecule has 4 rings (SSSR count). The molecule has 2 saturated heterocycles. The number of sulfonamides is 1. The molecule has 0 bridgehead atoms. The van der Waals surface area contributed by atoms with Crippen LogP contribution in [0.25, 0.3) is 10.8 Å². The van der Waals surface area contributed by atoms with Crippen LogP contribution in [0.2, 0.25) is 5.02 Å².